The van der Waals surface area contributed by atoms with Gasteiger partial charge in [0.05, 0.1) is 0 Å². The van der Waals surface area contributed by atoms with Crippen LogP contribution in [0.5, 0.6) is 0 Å². The number of nitrogens with one attached hydrogen (secondary N) is 3. The number of hydrogen-bond donors (Lipinski definition) is 4. The first kappa shape index (κ1) is 11.8. The van der Waals surface area contributed by atoms with Gasteiger partial charge in [-0.3, -0.25) is 15.4 Å². The number of nitrogens with two attached hydrogens (primary N) is 1. The number of hydrogen-bond acceptors (Lipinski definition) is 4. The molecule has 1 heterocycles. The lowest BCUT2D eigenvalue weighted by Crippen LogP contribution is -2.33. The number of rotatable bonds is 2. The zero-order chi connectivity index (χ0) is 13.1. The van der Waals surface area contributed by atoms with E-state index in [1.54, 1.807) is 0 Å². The summed E-state index contributed by atoms with van der Waals surface area (Å²) < 4.78 is 13.9. The topological polar surface area (TPSA) is 104 Å². The Morgan fingerprint density at radius 1 is 1.33 bits per heavy atom. The normalized spacial score (nSPS) is 10.1. The molecule has 0 unspecified atom stereocenters. The Kier molecular flexibility index (Phi) is 3.05. The zero-order valence-electron chi connectivity index (χ0n) is 9.31. The summed E-state index contributed by atoms with van der Waals surface area (Å²) in [4.78, 5) is 3.97. The second-order valence-electron chi connectivity index (χ2n) is 3.51. The number of aromatic nitrogens is 2. The fraction of sp³-hybridized carbons (Fsp3) is 0. The summed E-state index contributed by atoms with van der Waals surface area (Å²) in [7, 11) is 0. The summed E-state index contributed by atoms with van der Waals surface area (Å²) in [6.07, 6.45) is 2.84. The average Bonchev–Trinajstić information content (AvgIpc) is 2.34. The summed E-state index contributed by atoms with van der Waals surface area (Å²) in [6, 6.07) is 5.66. The van der Waals surface area contributed by atoms with E-state index in [0.717, 1.165) is 0 Å². The van der Waals surface area contributed by atoms with Gasteiger partial charge in [-0.2, -0.15) is 0 Å². The average molecular weight is 246 g/mol. The Morgan fingerprint density at radius 3 is 2.61 bits per heavy atom. The molecule has 5 N–H and O–H groups in total. The number of nitrogens with zero attached hydrogens (tertiary/aromatic N) is 2. The predicted octanol–water partition coefficient (Wildman–Crippen LogP) is 0.987. The van der Waals surface area contributed by atoms with Gasteiger partial charge < -0.3 is 11.1 Å². The van der Waals surface area contributed by atoms with Crippen LogP contribution in [0.2, 0.25) is 0 Å². The van der Waals surface area contributed by atoms with Crippen LogP contribution in [0.3, 0.4) is 0 Å². The molecule has 18 heavy (non-hydrogen) atoms. The molecule has 92 valence electrons. The molecule has 0 amide bonds. The Balaban J connectivity index is 2.35. The molecule has 2 rings (SSSR count). The number of benzene rings is 1. The smallest absolute Gasteiger partial charge is 0.198 e. The first-order chi connectivity index (χ1) is 8.58. The second kappa shape index (κ2) is 4.66. The summed E-state index contributed by atoms with van der Waals surface area (Å²) >= 11 is 0. The van der Waals surface area contributed by atoms with Gasteiger partial charge in [-0.05, 0) is 24.3 Å². The lowest BCUT2D eigenvalue weighted by atomic mass is 10.3. The van der Waals surface area contributed by atoms with Crippen molar-refractivity contribution in [2.45, 2.75) is 0 Å². The minimum absolute atomic E-state index is 0.0469. The van der Waals surface area contributed by atoms with Crippen LogP contribution in [-0.4, -0.2) is 15.5 Å². The van der Waals surface area contributed by atoms with Crippen LogP contribution >= 0.6 is 0 Å². The van der Waals surface area contributed by atoms with Crippen molar-refractivity contribution >= 4 is 17.5 Å². The maximum absolute atomic E-state index is 12.7. The van der Waals surface area contributed by atoms with Gasteiger partial charge in [-0.25, -0.2) is 9.37 Å². The molecule has 1 aromatic carbocycles. The van der Waals surface area contributed by atoms with Crippen molar-refractivity contribution < 1.29 is 4.39 Å². The molecule has 0 fully saturated rings. The highest BCUT2D eigenvalue weighted by Crippen LogP contribution is 2.11. The number of halogens is 1. The van der Waals surface area contributed by atoms with Gasteiger partial charge in [-0.15, -0.1) is 0 Å². The van der Waals surface area contributed by atoms with E-state index in [2.05, 4.69) is 10.3 Å². The van der Waals surface area contributed by atoms with Gasteiger partial charge in [0.25, 0.3) is 0 Å². The molecule has 0 aliphatic rings. The quantitative estimate of drug-likeness (QED) is 0.469. The van der Waals surface area contributed by atoms with Gasteiger partial charge in [0.15, 0.2) is 17.3 Å². The van der Waals surface area contributed by atoms with Crippen molar-refractivity contribution in [1.82, 2.24) is 9.55 Å². The zero-order valence-corrected chi connectivity index (χ0v) is 9.31. The minimum atomic E-state index is -0.341. The standard InChI is InChI=1S/C11H11FN6/c12-7-1-3-8(4-2-7)17-10-9(13)18(11(14)15)6-5-16-10/h1-6,13H,(H3,14,15)(H,16,17). The molecule has 0 atom stereocenters. The summed E-state index contributed by atoms with van der Waals surface area (Å²) in [5, 5.41) is 18.0. The fourth-order valence-electron chi connectivity index (χ4n) is 1.39. The van der Waals surface area contributed by atoms with E-state index in [1.165, 1.54) is 41.2 Å². The van der Waals surface area contributed by atoms with Gasteiger partial charge in [0, 0.05) is 18.1 Å². The molecule has 0 saturated carbocycles. The van der Waals surface area contributed by atoms with E-state index in [9.17, 15) is 4.39 Å². The Morgan fingerprint density at radius 2 is 2.00 bits per heavy atom. The van der Waals surface area contributed by atoms with E-state index in [4.69, 9.17) is 16.6 Å². The van der Waals surface area contributed by atoms with E-state index in [0.29, 0.717) is 5.69 Å². The maximum atomic E-state index is 12.7. The maximum Gasteiger partial charge on any atom is 0.198 e. The van der Waals surface area contributed by atoms with Crippen LogP contribution in [0.4, 0.5) is 15.9 Å². The van der Waals surface area contributed by atoms with Crippen molar-refractivity contribution in [1.29, 1.82) is 10.8 Å². The number of anilines is 2. The van der Waals surface area contributed by atoms with E-state index >= 15 is 0 Å². The van der Waals surface area contributed by atoms with Crippen LogP contribution < -0.4 is 16.5 Å². The highest BCUT2D eigenvalue weighted by molar-refractivity contribution is 5.77. The Bertz CT molecular complexity index is 631. The molecule has 2 aromatic rings. The highest BCUT2D eigenvalue weighted by Gasteiger charge is 2.03. The van der Waals surface area contributed by atoms with Crippen LogP contribution in [-0.2, 0) is 0 Å². The molecular formula is C11H11FN6. The van der Waals surface area contributed by atoms with Gasteiger partial charge >= 0.3 is 0 Å². The third kappa shape index (κ3) is 2.34. The van der Waals surface area contributed by atoms with E-state index in [-0.39, 0.29) is 23.1 Å². The number of nitrogen functional groups attached to an aromatic ring is 1. The van der Waals surface area contributed by atoms with Gasteiger partial charge in [0.2, 0.25) is 0 Å². The first-order valence-electron chi connectivity index (χ1n) is 5.07. The molecule has 0 radical (unpaired) electrons. The molecule has 0 aliphatic heterocycles. The van der Waals surface area contributed by atoms with Crippen LogP contribution in [0.1, 0.15) is 0 Å². The molecule has 0 bridgehead atoms. The SMILES string of the molecule is N=C(N)n1ccnc(Nc2ccc(F)cc2)c1=N. The van der Waals surface area contributed by atoms with Crippen LogP contribution in [0.15, 0.2) is 36.7 Å². The summed E-state index contributed by atoms with van der Waals surface area (Å²) in [6.45, 7) is 0. The van der Waals surface area contributed by atoms with Gasteiger partial charge in [0.1, 0.15) is 5.82 Å². The van der Waals surface area contributed by atoms with Crippen LogP contribution in [0.25, 0.3) is 0 Å². The summed E-state index contributed by atoms with van der Waals surface area (Å²) in [5.74, 6) is -0.379. The monoisotopic (exact) mass is 246 g/mol. The Labute approximate surface area is 102 Å². The lowest BCUT2D eigenvalue weighted by Gasteiger charge is -2.09. The molecule has 0 spiro atoms. The third-order valence-electron chi connectivity index (χ3n) is 2.25. The van der Waals surface area contributed by atoms with Crippen molar-refractivity contribution in [2.24, 2.45) is 5.73 Å². The van der Waals surface area contributed by atoms with Crippen molar-refractivity contribution in [3.63, 3.8) is 0 Å². The fourth-order valence-corrected chi connectivity index (χ4v) is 1.39. The van der Waals surface area contributed by atoms with Crippen LogP contribution in [0, 0.1) is 16.6 Å². The predicted molar refractivity (Wildman–Crippen MR) is 65.1 cm³/mol. The molecular weight excluding hydrogens is 235 g/mol. The van der Waals surface area contributed by atoms with E-state index in [1.807, 2.05) is 0 Å². The highest BCUT2D eigenvalue weighted by atomic mass is 19.1. The van der Waals surface area contributed by atoms with Crippen molar-refractivity contribution in [3.8, 4) is 0 Å². The molecule has 0 saturated heterocycles. The molecule has 6 nitrogen and oxygen atoms in total. The second-order valence-corrected chi connectivity index (χ2v) is 3.51. The van der Waals surface area contributed by atoms with E-state index < -0.39 is 0 Å². The van der Waals surface area contributed by atoms with Crippen molar-refractivity contribution in [2.75, 3.05) is 5.32 Å². The lowest BCUT2D eigenvalue weighted by molar-refractivity contribution is 0.628. The summed E-state index contributed by atoms with van der Waals surface area (Å²) in [5.41, 5.74) is 5.87. The molecule has 7 heteroatoms. The molecule has 0 aliphatic carbocycles. The third-order valence-corrected chi connectivity index (χ3v) is 2.25. The molecule has 1 aromatic heterocycles. The minimum Gasteiger partial charge on any atom is -0.369 e. The first-order valence-corrected chi connectivity index (χ1v) is 5.07. The van der Waals surface area contributed by atoms with Crippen molar-refractivity contribution in [3.05, 3.63) is 48.0 Å². The van der Waals surface area contributed by atoms with Gasteiger partial charge in [-0.1, -0.05) is 0 Å². The Hall–Kier alpha value is -2.70. The largest absolute Gasteiger partial charge is 0.369 e.